The maximum Gasteiger partial charge on any atom is 0.273 e. The smallest absolute Gasteiger partial charge is 0.273 e. The van der Waals surface area contributed by atoms with Gasteiger partial charge in [0.1, 0.15) is 0 Å². The Hall–Kier alpha value is -2.85. The number of carbonyl (C=O) groups is 1. The van der Waals surface area contributed by atoms with Crippen molar-refractivity contribution in [3.8, 4) is 0 Å². The molecule has 0 radical (unpaired) electrons. The van der Waals surface area contributed by atoms with Crippen LogP contribution < -0.4 is 22.1 Å². The second-order valence-corrected chi connectivity index (χ2v) is 7.49. The lowest BCUT2D eigenvalue weighted by molar-refractivity contribution is 0.0995. The maximum absolute atomic E-state index is 11.8. The van der Waals surface area contributed by atoms with Crippen molar-refractivity contribution in [1.82, 2.24) is 20.2 Å². The number of hydrogen-bond donors (Lipinski definition) is 4. The fourth-order valence-corrected chi connectivity index (χ4v) is 4.04. The molecule has 1 aliphatic rings. The Morgan fingerprint density at radius 1 is 1.22 bits per heavy atom. The first-order valence-corrected chi connectivity index (χ1v) is 9.64. The van der Waals surface area contributed by atoms with Crippen molar-refractivity contribution < 1.29 is 4.79 Å². The number of anilines is 3. The van der Waals surface area contributed by atoms with Crippen LogP contribution in [0, 0.1) is 0 Å². The number of nitrogens with one attached hydrogen (secondary N) is 2. The van der Waals surface area contributed by atoms with E-state index in [-0.39, 0.29) is 23.6 Å². The number of nitrogens with zero attached hydrogens (tertiary/aromatic N) is 4. The SMILES string of the molecule is NC(=O)c1nnc(N[C@@H]2CCCC[C@@H]2N)nc1Nc1cncc2sccc12. The molecule has 0 aliphatic heterocycles. The van der Waals surface area contributed by atoms with Gasteiger partial charge >= 0.3 is 0 Å². The van der Waals surface area contributed by atoms with Gasteiger partial charge in [-0.15, -0.1) is 21.5 Å². The van der Waals surface area contributed by atoms with Gasteiger partial charge in [0.05, 0.1) is 16.6 Å². The third-order valence-corrected chi connectivity index (χ3v) is 5.54. The molecule has 0 bridgehead atoms. The standard InChI is InChI=1S/C17H20N8OS/c18-10-3-1-2-4-11(10)22-17-23-16(14(15(19)26)24-25-17)21-12-7-20-8-13-9(12)5-6-27-13/h5-8,10-11H,1-4,18H2,(H2,19,26)(H2,21,22,23,25)/t10-,11+/m0/s1. The van der Waals surface area contributed by atoms with Crippen molar-refractivity contribution in [2.75, 3.05) is 10.6 Å². The number of rotatable bonds is 5. The molecule has 27 heavy (non-hydrogen) atoms. The van der Waals surface area contributed by atoms with Gasteiger partial charge in [-0.05, 0) is 24.3 Å². The first-order chi connectivity index (χ1) is 13.1. The predicted octanol–water partition coefficient (Wildman–Crippen LogP) is 2.01. The molecule has 10 heteroatoms. The van der Waals surface area contributed by atoms with Crippen LogP contribution in [0.25, 0.3) is 10.1 Å². The Balaban J connectivity index is 1.65. The van der Waals surface area contributed by atoms with Crippen molar-refractivity contribution in [3.63, 3.8) is 0 Å². The van der Waals surface area contributed by atoms with E-state index in [1.165, 1.54) is 0 Å². The topological polar surface area (TPSA) is 145 Å². The van der Waals surface area contributed by atoms with E-state index in [1.807, 2.05) is 11.4 Å². The number of aromatic nitrogens is 4. The molecule has 0 unspecified atom stereocenters. The first-order valence-electron chi connectivity index (χ1n) is 8.76. The number of nitrogens with two attached hydrogens (primary N) is 2. The van der Waals surface area contributed by atoms with Gasteiger partial charge in [-0.1, -0.05) is 12.8 Å². The number of primary amides is 1. The molecule has 1 fully saturated rings. The fraction of sp³-hybridized carbons (Fsp3) is 0.353. The summed E-state index contributed by atoms with van der Waals surface area (Å²) >= 11 is 1.58. The zero-order chi connectivity index (χ0) is 18.8. The number of thiophene rings is 1. The molecule has 1 amide bonds. The Morgan fingerprint density at radius 3 is 2.89 bits per heavy atom. The van der Waals surface area contributed by atoms with Crippen molar-refractivity contribution in [3.05, 3.63) is 29.5 Å². The quantitative estimate of drug-likeness (QED) is 0.523. The van der Waals surface area contributed by atoms with Gasteiger partial charge in [0.2, 0.25) is 5.95 Å². The lowest BCUT2D eigenvalue weighted by Crippen LogP contribution is -2.43. The highest BCUT2D eigenvalue weighted by Gasteiger charge is 2.23. The largest absolute Gasteiger partial charge is 0.364 e. The molecule has 0 spiro atoms. The van der Waals surface area contributed by atoms with Crippen molar-refractivity contribution in [2.45, 2.75) is 37.8 Å². The molecule has 3 aromatic rings. The van der Waals surface area contributed by atoms with E-state index < -0.39 is 5.91 Å². The Labute approximate surface area is 159 Å². The van der Waals surface area contributed by atoms with Crippen molar-refractivity contribution >= 4 is 44.8 Å². The maximum atomic E-state index is 11.8. The summed E-state index contributed by atoms with van der Waals surface area (Å²) in [6.07, 6.45) is 7.60. The van der Waals surface area contributed by atoms with E-state index in [4.69, 9.17) is 11.5 Å². The molecule has 1 aliphatic carbocycles. The molecule has 9 nitrogen and oxygen atoms in total. The van der Waals surface area contributed by atoms with Gasteiger partial charge in [-0.2, -0.15) is 4.98 Å². The van der Waals surface area contributed by atoms with Gasteiger partial charge in [-0.3, -0.25) is 9.78 Å². The lowest BCUT2D eigenvalue weighted by atomic mass is 9.91. The van der Waals surface area contributed by atoms with E-state index in [2.05, 4.69) is 30.8 Å². The number of fused-ring (bicyclic) bond motifs is 1. The zero-order valence-corrected chi connectivity index (χ0v) is 15.4. The average Bonchev–Trinajstić information content (AvgIpc) is 3.13. The molecular weight excluding hydrogens is 364 g/mol. The Kier molecular flexibility index (Phi) is 4.82. The van der Waals surface area contributed by atoms with Crippen LogP contribution in [0.2, 0.25) is 0 Å². The molecule has 2 atom stereocenters. The summed E-state index contributed by atoms with van der Waals surface area (Å²) in [5, 5.41) is 17.3. The monoisotopic (exact) mass is 384 g/mol. The van der Waals surface area contributed by atoms with Crippen LogP contribution in [-0.2, 0) is 0 Å². The summed E-state index contributed by atoms with van der Waals surface area (Å²) in [6, 6.07) is 2.09. The van der Waals surface area contributed by atoms with Gasteiger partial charge in [0.25, 0.3) is 5.91 Å². The highest BCUT2D eigenvalue weighted by atomic mass is 32.1. The third-order valence-electron chi connectivity index (χ3n) is 4.69. The number of amides is 1. The van der Waals surface area contributed by atoms with Gasteiger partial charge < -0.3 is 22.1 Å². The molecule has 3 heterocycles. The lowest BCUT2D eigenvalue weighted by Gasteiger charge is -2.29. The summed E-state index contributed by atoms with van der Waals surface area (Å²) in [5.74, 6) is -0.149. The number of carbonyl (C=O) groups excluding carboxylic acids is 1. The van der Waals surface area contributed by atoms with E-state index in [9.17, 15) is 4.79 Å². The molecule has 0 saturated heterocycles. The van der Waals surface area contributed by atoms with Crippen LogP contribution in [0.5, 0.6) is 0 Å². The summed E-state index contributed by atoms with van der Waals surface area (Å²) in [4.78, 5) is 20.4. The predicted molar refractivity (Wildman–Crippen MR) is 105 cm³/mol. The second-order valence-electron chi connectivity index (χ2n) is 6.54. The van der Waals surface area contributed by atoms with E-state index in [0.717, 1.165) is 41.5 Å². The van der Waals surface area contributed by atoms with Crippen LogP contribution in [0.4, 0.5) is 17.5 Å². The van der Waals surface area contributed by atoms with Gasteiger partial charge in [0, 0.05) is 23.7 Å². The molecule has 4 rings (SSSR count). The average molecular weight is 384 g/mol. The minimum absolute atomic E-state index is 0.0271. The summed E-state index contributed by atoms with van der Waals surface area (Å²) in [6.45, 7) is 0. The summed E-state index contributed by atoms with van der Waals surface area (Å²) < 4.78 is 1.02. The van der Waals surface area contributed by atoms with E-state index in [1.54, 1.807) is 23.7 Å². The normalized spacial score (nSPS) is 19.7. The number of pyridine rings is 1. The van der Waals surface area contributed by atoms with Crippen LogP contribution in [0.3, 0.4) is 0 Å². The molecule has 1 saturated carbocycles. The van der Waals surface area contributed by atoms with Crippen LogP contribution in [-0.4, -0.2) is 38.2 Å². The molecular formula is C17H20N8OS. The van der Waals surface area contributed by atoms with E-state index in [0.29, 0.717) is 5.95 Å². The Bertz CT molecular complexity index is 974. The summed E-state index contributed by atoms with van der Waals surface area (Å²) in [7, 11) is 0. The highest BCUT2D eigenvalue weighted by molar-refractivity contribution is 7.17. The molecule has 140 valence electrons. The van der Waals surface area contributed by atoms with Crippen LogP contribution in [0.15, 0.2) is 23.8 Å². The third kappa shape index (κ3) is 3.67. The van der Waals surface area contributed by atoms with Gasteiger partial charge in [-0.25, -0.2) is 0 Å². The molecule has 3 aromatic heterocycles. The second kappa shape index (κ2) is 7.41. The fourth-order valence-electron chi connectivity index (χ4n) is 3.26. The van der Waals surface area contributed by atoms with Crippen molar-refractivity contribution in [1.29, 1.82) is 0 Å². The summed E-state index contributed by atoms with van der Waals surface area (Å²) in [5.41, 5.74) is 12.3. The van der Waals surface area contributed by atoms with Gasteiger partial charge in [0.15, 0.2) is 11.5 Å². The van der Waals surface area contributed by atoms with Crippen LogP contribution in [0.1, 0.15) is 36.2 Å². The first kappa shape index (κ1) is 17.6. The Morgan fingerprint density at radius 2 is 2.07 bits per heavy atom. The molecule has 6 N–H and O–H groups in total. The van der Waals surface area contributed by atoms with Crippen LogP contribution >= 0.6 is 11.3 Å². The van der Waals surface area contributed by atoms with E-state index >= 15 is 0 Å². The minimum Gasteiger partial charge on any atom is -0.364 e. The minimum atomic E-state index is -0.705. The number of hydrogen-bond acceptors (Lipinski definition) is 9. The van der Waals surface area contributed by atoms with Crippen molar-refractivity contribution in [2.24, 2.45) is 11.5 Å². The zero-order valence-electron chi connectivity index (χ0n) is 14.6. The highest BCUT2D eigenvalue weighted by Crippen LogP contribution is 2.29. The molecule has 0 aromatic carbocycles.